The van der Waals surface area contributed by atoms with Crippen LogP contribution < -0.4 is 0 Å². The number of carboxylic acid groups (broad SMARTS) is 1. The molecular formula is C18H20FNO3. The fourth-order valence-electron chi connectivity index (χ4n) is 3.33. The molecule has 1 fully saturated rings. The van der Waals surface area contributed by atoms with Crippen LogP contribution in [0.3, 0.4) is 0 Å². The van der Waals surface area contributed by atoms with Crippen molar-refractivity contribution in [2.24, 2.45) is 5.92 Å². The number of aliphatic carboxylic acids is 1. The number of carbonyl (C=O) groups is 1. The molecule has 1 saturated heterocycles. The average molecular weight is 317 g/mol. The van der Waals surface area contributed by atoms with E-state index in [4.69, 9.17) is 5.11 Å². The molecule has 2 aromatic rings. The third-order valence-corrected chi connectivity index (χ3v) is 4.69. The van der Waals surface area contributed by atoms with Gasteiger partial charge >= 0.3 is 5.97 Å². The maximum absolute atomic E-state index is 13.9. The number of fused-ring (bicyclic) bond motifs is 1. The van der Waals surface area contributed by atoms with Crippen LogP contribution >= 0.6 is 0 Å². The second-order valence-corrected chi connectivity index (χ2v) is 6.15. The molecule has 1 aliphatic heterocycles. The van der Waals surface area contributed by atoms with E-state index in [2.05, 4.69) is 4.90 Å². The predicted molar refractivity (Wildman–Crippen MR) is 85.5 cm³/mol. The van der Waals surface area contributed by atoms with Crippen LogP contribution in [-0.2, 0) is 11.3 Å². The first-order chi connectivity index (χ1) is 11.1. The number of aliphatic hydroxyl groups excluding tert-OH is 1. The van der Waals surface area contributed by atoms with Crippen molar-refractivity contribution in [3.8, 4) is 0 Å². The van der Waals surface area contributed by atoms with Gasteiger partial charge in [0.15, 0.2) is 6.10 Å². The molecule has 0 aliphatic carbocycles. The van der Waals surface area contributed by atoms with Crippen LogP contribution in [0.5, 0.6) is 0 Å². The third-order valence-electron chi connectivity index (χ3n) is 4.69. The maximum Gasteiger partial charge on any atom is 0.332 e. The molecule has 5 heteroatoms. The summed E-state index contributed by atoms with van der Waals surface area (Å²) in [6.07, 6.45) is 0.0444. The van der Waals surface area contributed by atoms with Crippen molar-refractivity contribution in [1.29, 1.82) is 0 Å². The van der Waals surface area contributed by atoms with E-state index in [0.29, 0.717) is 24.8 Å². The molecule has 1 unspecified atom stereocenters. The lowest BCUT2D eigenvalue weighted by Gasteiger charge is -2.33. The Hall–Kier alpha value is -1.98. The smallest absolute Gasteiger partial charge is 0.332 e. The lowest BCUT2D eigenvalue weighted by molar-refractivity contribution is -0.150. The minimum absolute atomic E-state index is 0.186. The Morgan fingerprint density at radius 1 is 1.17 bits per heavy atom. The van der Waals surface area contributed by atoms with Crippen molar-refractivity contribution in [2.45, 2.75) is 25.5 Å². The molecule has 23 heavy (non-hydrogen) atoms. The maximum atomic E-state index is 13.9. The summed E-state index contributed by atoms with van der Waals surface area (Å²) in [5.41, 5.74) is 1.07. The van der Waals surface area contributed by atoms with Gasteiger partial charge in [0.05, 0.1) is 0 Å². The van der Waals surface area contributed by atoms with Gasteiger partial charge in [0.1, 0.15) is 5.82 Å². The molecule has 122 valence electrons. The normalized spacial score (nSPS) is 18.2. The number of carboxylic acids is 1. The molecule has 2 N–H and O–H groups in total. The van der Waals surface area contributed by atoms with Crippen molar-refractivity contribution in [2.75, 3.05) is 13.1 Å². The number of likely N-dealkylation sites (tertiary alicyclic amines) is 1. The Bertz CT molecular complexity index is 710. The van der Waals surface area contributed by atoms with Crippen LogP contribution in [0.15, 0.2) is 36.4 Å². The Balaban J connectivity index is 1.70. The summed E-state index contributed by atoms with van der Waals surface area (Å²) in [6.45, 7) is 2.18. The number of piperidine rings is 1. The van der Waals surface area contributed by atoms with E-state index in [1.165, 1.54) is 6.07 Å². The van der Waals surface area contributed by atoms with Gasteiger partial charge < -0.3 is 10.2 Å². The van der Waals surface area contributed by atoms with Gasteiger partial charge in [0.2, 0.25) is 0 Å². The summed E-state index contributed by atoms with van der Waals surface area (Å²) in [4.78, 5) is 13.1. The van der Waals surface area contributed by atoms with E-state index in [9.17, 15) is 14.3 Å². The monoisotopic (exact) mass is 317 g/mol. The Morgan fingerprint density at radius 3 is 2.48 bits per heavy atom. The lowest BCUT2D eigenvalue weighted by Crippen LogP contribution is -2.40. The van der Waals surface area contributed by atoms with Gasteiger partial charge in [-0.05, 0) is 48.9 Å². The minimum Gasteiger partial charge on any atom is -0.479 e. The Morgan fingerprint density at radius 2 is 1.83 bits per heavy atom. The van der Waals surface area contributed by atoms with E-state index in [1.54, 1.807) is 6.07 Å². The van der Waals surface area contributed by atoms with E-state index < -0.39 is 12.1 Å². The lowest BCUT2D eigenvalue weighted by atomic mass is 9.91. The Labute approximate surface area is 134 Å². The number of benzene rings is 2. The van der Waals surface area contributed by atoms with E-state index in [1.807, 2.05) is 24.3 Å². The van der Waals surface area contributed by atoms with Gasteiger partial charge in [-0.2, -0.15) is 0 Å². The van der Waals surface area contributed by atoms with Gasteiger partial charge in [-0.15, -0.1) is 0 Å². The molecule has 0 aromatic heterocycles. The summed E-state index contributed by atoms with van der Waals surface area (Å²) in [5, 5.41) is 20.1. The zero-order valence-corrected chi connectivity index (χ0v) is 12.8. The molecule has 0 saturated carbocycles. The van der Waals surface area contributed by atoms with Gasteiger partial charge in [0, 0.05) is 11.9 Å². The molecule has 1 aliphatic rings. The van der Waals surface area contributed by atoms with Crippen molar-refractivity contribution >= 4 is 16.7 Å². The summed E-state index contributed by atoms with van der Waals surface area (Å²) < 4.78 is 13.9. The summed E-state index contributed by atoms with van der Waals surface area (Å²) in [7, 11) is 0. The van der Waals surface area contributed by atoms with Crippen LogP contribution in [0.2, 0.25) is 0 Å². The number of hydrogen-bond donors (Lipinski definition) is 2. The van der Waals surface area contributed by atoms with Crippen molar-refractivity contribution in [3.05, 3.63) is 47.8 Å². The SMILES string of the molecule is O=C(O)C(O)C1CCN(Cc2ccc(F)c3ccccc23)CC1. The topological polar surface area (TPSA) is 60.8 Å². The molecule has 0 amide bonds. The third kappa shape index (κ3) is 3.35. The van der Waals surface area contributed by atoms with Crippen molar-refractivity contribution in [1.82, 2.24) is 4.90 Å². The number of nitrogens with zero attached hydrogens (tertiary/aromatic N) is 1. The molecule has 3 rings (SSSR count). The van der Waals surface area contributed by atoms with Crippen molar-refractivity contribution in [3.63, 3.8) is 0 Å². The zero-order chi connectivity index (χ0) is 16.4. The van der Waals surface area contributed by atoms with E-state index in [0.717, 1.165) is 24.0 Å². The highest BCUT2D eigenvalue weighted by atomic mass is 19.1. The van der Waals surface area contributed by atoms with Crippen molar-refractivity contribution < 1.29 is 19.4 Å². The fourth-order valence-corrected chi connectivity index (χ4v) is 3.33. The summed E-state index contributed by atoms with van der Waals surface area (Å²) in [5.74, 6) is -1.55. The van der Waals surface area contributed by atoms with Gasteiger partial charge in [-0.1, -0.05) is 30.3 Å². The molecule has 1 heterocycles. The first-order valence-electron chi connectivity index (χ1n) is 7.85. The quantitative estimate of drug-likeness (QED) is 0.910. The highest BCUT2D eigenvalue weighted by Crippen LogP contribution is 2.26. The molecule has 0 radical (unpaired) electrons. The molecule has 4 nitrogen and oxygen atoms in total. The first-order valence-corrected chi connectivity index (χ1v) is 7.85. The number of halogens is 1. The summed E-state index contributed by atoms with van der Waals surface area (Å²) in [6, 6.07) is 10.8. The molecule has 1 atom stereocenters. The Kier molecular flexibility index (Phi) is 4.59. The molecular weight excluding hydrogens is 297 g/mol. The van der Waals surface area contributed by atoms with Crippen LogP contribution in [0.1, 0.15) is 18.4 Å². The average Bonchev–Trinajstić information content (AvgIpc) is 2.57. The predicted octanol–water partition coefficient (Wildman–Crippen LogP) is 2.64. The minimum atomic E-state index is -1.27. The summed E-state index contributed by atoms with van der Waals surface area (Å²) >= 11 is 0. The first kappa shape index (κ1) is 15.9. The van der Waals surface area contributed by atoms with Crippen LogP contribution in [0, 0.1) is 11.7 Å². The highest BCUT2D eigenvalue weighted by molar-refractivity contribution is 5.86. The second-order valence-electron chi connectivity index (χ2n) is 6.15. The standard InChI is InChI=1S/C18H20FNO3/c19-16-6-5-13(14-3-1-2-4-15(14)16)11-20-9-7-12(8-10-20)17(21)18(22)23/h1-6,12,17,21H,7-11H2,(H,22,23). The zero-order valence-electron chi connectivity index (χ0n) is 12.8. The number of hydrogen-bond acceptors (Lipinski definition) is 3. The second kappa shape index (κ2) is 6.64. The fraction of sp³-hybridized carbons (Fsp3) is 0.389. The van der Waals surface area contributed by atoms with Crippen LogP contribution in [0.25, 0.3) is 10.8 Å². The van der Waals surface area contributed by atoms with Crippen LogP contribution in [0.4, 0.5) is 4.39 Å². The van der Waals surface area contributed by atoms with Gasteiger partial charge in [-0.25, -0.2) is 9.18 Å². The molecule has 0 spiro atoms. The number of rotatable bonds is 4. The van der Waals surface area contributed by atoms with Crippen LogP contribution in [-0.4, -0.2) is 40.3 Å². The molecule has 0 bridgehead atoms. The number of aliphatic hydroxyl groups is 1. The van der Waals surface area contributed by atoms with E-state index in [-0.39, 0.29) is 11.7 Å². The van der Waals surface area contributed by atoms with E-state index >= 15 is 0 Å². The largest absolute Gasteiger partial charge is 0.479 e. The molecule has 2 aromatic carbocycles. The highest BCUT2D eigenvalue weighted by Gasteiger charge is 2.29. The van der Waals surface area contributed by atoms with Gasteiger partial charge in [-0.3, -0.25) is 4.90 Å². The van der Waals surface area contributed by atoms with Gasteiger partial charge in [0.25, 0.3) is 0 Å².